The molecule has 1 N–H and O–H groups in total. The number of nitrogens with zero attached hydrogens (tertiary/aromatic N) is 1. The van der Waals surface area contributed by atoms with E-state index in [4.69, 9.17) is 0 Å². The number of halogens is 1. The first kappa shape index (κ1) is 18.6. The van der Waals surface area contributed by atoms with Crippen molar-refractivity contribution in [3.05, 3.63) is 59.9 Å². The molecule has 1 unspecified atom stereocenters. The van der Waals surface area contributed by atoms with Crippen LogP contribution in [-0.2, 0) is 4.79 Å². The zero-order valence-electron chi connectivity index (χ0n) is 15.5. The molecule has 0 spiro atoms. The number of benzene rings is 2. The number of amides is 1. The first-order chi connectivity index (χ1) is 12.6. The molecule has 0 saturated carbocycles. The molecule has 1 saturated heterocycles. The highest BCUT2D eigenvalue weighted by atomic mass is 19.1. The van der Waals surface area contributed by atoms with Crippen molar-refractivity contribution >= 4 is 5.91 Å². The van der Waals surface area contributed by atoms with Gasteiger partial charge in [0.05, 0.1) is 5.92 Å². The van der Waals surface area contributed by atoms with E-state index in [2.05, 4.69) is 17.3 Å². The van der Waals surface area contributed by atoms with E-state index in [1.807, 2.05) is 43.3 Å². The average Bonchev–Trinajstić information content (AvgIpc) is 3.06. The van der Waals surface area contributed by atoms with Crippen LogP contribution in [0.15, 0.2) is 48.5 Å². The third-order valence-corrected chi connectivity index (χ3v) is 5.42. The van der Waals surface area contributed by atoms with E-state index < -0.39 is 0 Å². The lowest BCUT2D eigenvalue weighted by Gasteiger charge is -2.20. The number of nitrogens with one attached hydrogen (secondary N) is 1. The Morgan fingerprint density at radius 2 is 2.04 bits per heavy atom. The zero-order chi connectivity index (χ0) is 18.5. The van der Waals surface area contributed by atoms with Crippen molar-refractivity contribution in [2.45, 2.75) is 38.1 Å². The van der Waals surface area contributed by atoms with Crippen LogP contribution in [0.2, 0.25) is 0 Å². The predicted molar refractivity (Wildman–Crippen MR) is 104 cm³/mol. The van der Waals surface area contributed by atoms with Crippen molar-refractivity contribution in [3.63, 3.8) is 0 Å². The third-order valence-electron chi connectivity index (χ3n) is 5.42. The van der Waals surface area contributed by atoms with Crippen molar-refractivity contribution in [3.8, 4) is 11.1 Å². The molecule has 2 atom stereocenters. The topological polar surface area (TPSA) is 32.3 Å². The monoisotopic (exact) mass is 354 g/mol. The smallest absolute Gasteiger partial charge is 0.227 e. The molecule has 0 aliphatic carbocycles. The van der Waals surface area contributed by atoms with Crippen LogP contribution < -0.4 is 5.32 Å². The van der Waals surface area contributed by atoms with Crippen LogP contribution in [0.1, 0.15) is 37.7 Å². The van der Waals surface area contributed by atoms with Crippen LogP contribution in [0.4, 0.5) is 4.39 Å². The summed E-state index contributed by atoms with van der Waals surface area (Å²) in [5.74, 6) is -0.700. The number of likely N-dealkylation sites (tertiary alicyclic amines) is 1. The molecule has 3 nitrogen and oxygen atoms in total. The second kappa shape index (κ2) is 8.45. The summed E-state index contributed by atoms with van der Waals surface area (Å²) in [6, 6.07) is 15.1. The van der Waals surface area contributed by atoms with E-state index >= 15 is 0 Å². The molecular formula is C22H27FN2O. The van der Waals surface area contributed by atoms with Gasteiger partial charge >= 0.3 is 0 Å². The Labute approximate surface area is 155 Å². The number of hydrogen-bond acceptors (Lipinski definition) is 2. The number of carbonyl (C=O) groups excluding carboxylic acids is 1. The fourth-order valence-corrected chi connectivity index (χ4v) is 3.66. The van der Waals surface area contributed by atoms with Crippen molar-refractivity contribution in [1.82, 2.24) is 10.2 Å². The van der Waals surface area contributed by atoms with Crippen molar-refractivity contribution in [2.75, 3.05) is 20.1 Å². The van der Waals surface area contributed by atoms with Gasteiger partial charge in [0.25, 0.3) is 0 Å². The van der Waals surface area contributed by atoms with Crippen LogP contribution in [0.5, 0.6) is 0 Å². The normalized spacial score (nSPS) is 18.7. The molecule has 2 aromatic rings. The molecule has 2 aromatic carbocycles. The Kier molecular flexibility index (Phi) is 6.04. The van der Waals surface area contributed by atoms with Crippen LogP contribution in [0, 0.1) is 5.82 Å². The van der Waals surface area contributed by atoms with E-state index in [0.29, 0.717) is 23.7 Å². The van der Waals surface area contributed by atoms with Crippen LogP contribution in [0.3, 0.4) is 0 Å². The highest BCUT2D eigenvalue weighted by molar-refractivity contribution is 5.83. The van der Waals surface area contributed by atoms with Crippen molar-refractivity contribution in [2.24, 2.45) is 0 Å². The second-order valence-electron chi connectivity index (χ2n) is 7.18. The van der Waals surface area contributed by atoms with Crippen LogP contribution in [-0.4, -0.2) is 37.0 Å². The lowest BCUT2D eigenvalue weighted by Crippen LogP contribution is -2.33. The minimum absolute atomic E-state index is 0.0440. The summed E-state index contributed by atoms with van der Waals surface area (Å²) in [6.07, 6.45) is 3.41. The molecular weight excluding hydrogens is 327 g/mol. The van der Waals surface area contributed by atoms with Gasteiger partial charge in [-0.05, 0) is 57.0 Å². The molecule has 1 aliphatic rings. The van der Waals surface area contributed by atoms with E-state index in [0.717, 1.165) is 18.5 Å². The largest absolute Gasteiger partial charge is 0.356 e. The van der Waals surface area contributed by atoms with Gasteiger partial charge < -0.3 is 10.2 Å². The lowest BCUT2D eigenvalue weighted by atomic mass is 9.96. The molecule has 4 heteroatoms. The van der Waals surface area contributed by atoms with Crippen molar-refractivity contribution < 1.29 is 9.18 Å². The fourth-order valence-electron chi connectivity index (χ4n) is 3.66. The molecule has 1 heterocycles. The highest BCUT2D eigenvalue weighted by Gasteiger charge is 2.21. The molecule has 1 amide bonds. The third kappa shape index (κ3) is 4.31. The van der Waals surface area contributed by atoms with Gasteiger partial charge in [0.15, 0.2) is 0 Å². The van der Waals surface area contributed by atoms with Crippen LogP contribution in [0.25, 0.3) is 11.1 Å². The second-order valence-corrected chi connectivity index (χ2v) is 7.18. The minimum Gasteiger partial charge on any atom is -0.356 e. The highest BCUT2D eigenvalue weighted by Crippen LogP contribution is 2.26. The standard InChI is InChI=1S/C22H27FN2O/c1-16(22(26)24-13-12-19-9-6-14-25(19)2)18-10-11-20(21(23)15-18)17-7-4-3-5-8-17/h3-5,7-8,10-11,15-16,19H,6,9,12-14H2,1-2H3,(H,24,26)/t16?,19-/m1/s1. The first-order valence-corrected chi connectivity index (χ1v) is 9.39. The molecule has 3 rings (SSSR count). The van der Waals surface area contributed by atoms with E-state index in [-0.39, 0.29) is 17.6 Å². The van der Waals surface area contributed by atoms with E-state index in [9.17, 15) is 9.18 Å². The Hall–Kier alpha value is -2.20. The number of hydrogen-bond donors (Lipinski definition) is 1. The Morgan fingerprint density at radius 1 is 1.27 bits per heavy atom. The molecule has 0 radical (unpaired) electrons. The molecule has 1 aliphatic heterocycles. The van der Waals surface area contributed by atoms with Gasteiger partial charge in [0.1, 0.15) is 5.82 Å². The lowest BCUT2D eigenvalue weighted by molar-refractivity contribution is -0.122. The quantitative estimate of drug-likeness (QED) is 0.843. The minimum atomic E-state index is -0.365. The van der Waals surface area contributed by atoms with Gasteiger partial charge in [-0.3, -0.25) is 4.79 Å². The Bertz CT molecular complexity index is 747. The summed E-state index contributed by atoms with van der Waals surface area (Å²) in [5, 5.41) is 3.01. The Morgan fingerprint density at radius 3 is 2.69 bits per heavy atom. The number of rotatable bonds is 6. The average molecular weight is 354 g/mol. The molecule has 0 bridgehead atoms. The van der Waals surface area contributed by atoms with Gasteiger partial charge in [0, 0.05) is 18.2 Å². The van der Waals surface area contributed by atoms with Crippen molar-refractivity contribution in [1.29, 1.82) is 0 Å². The zero-order valence-corrected chi connectivity index (χ0v) is 15.5. The summed E-state index contributed by atoms with van der Waals surface area (Å²) in [6.45, 7) is 3.64. The SMILES string of the molecule is CC(C(=O)NCC[C@H]1CCCN1C)c1ccc(-c2ccccc2)c(F)c1. The van der Waals surface area contributed by atoms with Gasteiger partial charge in [-0.2, -0.15) is 0 Å². The van der Waals surface area contributed by atoms with Gasteiger partial charge in [-0.1, -0.05) is 42.5 Å². The summed E-state index contributed by atoms with van der Waals surface area (Å²) in [4.78, 5) is 14.8. The maximum atomic E-state index is 14.5. The van der Waals surface area contributed by atoms with Gasteiger partial charge in [0.2, 0.25) is 5.91 Å². The van der Waals surface area contributed by atoms with E-state index in [1.54, 1.807) is 6.07 Å². The summed E-state index contributed by atoms with van der Waals surface area (Å²) in [5.41, 5.74) is 2.11. The summed E-state index contributed by atoms with van der Waals surface area (Å²) >= 11 is 0. The molecule has 0 aromatic heterocycles. The Balaban J connectivity index is 1.59. The molecule has 26 heavy (non-hydrogen) atoms. The predicted octanol–water partition coefficient (Wildman–Crippen LogP) is 4.20. The maximum absolute atomic E-state index is 14.5. The number of carbonyl (C=O) groups is 1. The molecule has 138 valence electrons. The molecule has 1 fully saturated rings. The van der Waals surface area contributed by atoms with E-state index in [1.165, 1.54) is 18.9 Å². The first-order valence-electron chi connectivity index (χ1n) is 9.39. The van der Waals surface area contributed by atoms with Crippen LogP contribution >= 0.6 is 0 Å². The van der Waals surface area contributed by atoms with Gasteiger partial charge in [-0.15, -0.1) is 0 Å². The fraction of sp³-hybridized carbons (Fsp3) is 0.409. The summed E-state index contributed by atoms with van der Waals surface area (Å²) < 4.78 is 14.5. The maximum Gasteiger partial charge on any atom is 0.227 e. The summed E-state index contributed by atoms with van der Waals surface area (Å²) in [7, 11) is 2.14. The van der Waals surface area contributed by atoms with Gasteiger partial charge in [-0.25, -0.2) is 4.39 Å².